The molecular weight excluding hydrogens is 264 g/mol. The van der Waals surface area contributed by atoms with Gasteiger partial charge >= 0.3 is 0 Å². The molecule has 0 aliphatic carbocycles. The first kappa shape index (κ1) is 12.3. The van der Waals surface area contributed by atoms with Crippen LogP contribution in [0.4, 0.5) is 14.5 Å². The van der Waals surface area contributed by atoms with Gasteiger partial charge in [0.05, 0.1) is 11.3 Å². The average molecular weight is 273 g/mol. The maximum absolute atomic E-state index is 13.4. The predicted octanol–water partition coefficient (Wildman–Crippen LogP) is 3.26. The van der Waals surface area contributed by atoms with E-state index in [1.165, 1.54) is 30.3 Å². The molecule has 1 heterocycles. The van der Waals surface area contributed by atoms with Crippen LogP contribution in [0.1, 0.15) is 0 Å². The van der Waals surface area contributed by atoms with Crippen molar-refractivity contribution >= 4 is 5.69 Å². The van der Waals surface area contributed by atoms with Gasteiger partial charge in [0.25, 0.3) is 5.89 Å². The number of nitrogen functional groups attached to an aromatic ring is 1. The highest BCUT2D eigenvalue weighted by Gasteiger charge is 2.15. The van der Waals surface area contributed by atoms with Crippen molar-refractivity contribution < 1.29 is 13.3 Å². The Labute approximate surface area is 112 Å². The summed E-state index contributed by atoms with van der Waals surface area (Å²) in [6.07, 6.45) is 0. The van der Waals surface area contributed by atoms with Gasteiger partial charge < -0.3 is 10.3 Å². The van der Waals surface area contributed by atoms with E-state index in [2.05, 4.69) is 10.1 Å². The second-order valence-corrected chi connectivity index (χ2v) is 4.13. The molecule has 3 rings (SSSR count). The van der Waals surface area contributed by atoms with Crippen LogP contribution in [-0.2, 0) is 0 Å². The number of anilines is 1. The largest absolute Gasteiger partial charge is 0.396 e. The van der Waals surface area contributed by atoms with Crippen molar-refractivity contribution in [3.05, 3.63) is 54.1 Å². The van der Waals surface area contributed by atoms with Crippen molar-refractivity contribution in [3.63, 3.8) is 0 Å². The molecule has 2 N–H and O–H groups in total. The van der Waals surface area contributed by atoms with Crippen LogP contribution in [0.5, 0.6) is 0 Å². The first-order valence-electron chi connectivity index (χ1n) is 5.79. The smallest absolute Gasteiger partial charge is 0.260 e. The first-order valence-corrected chi connectivity index (χ1v) is 5.79. The summed E-state index contributed by atoms with van der Waals surface area (Å²) in [4.78, 5) is 4.10. The number of nitrogens with zero attached hydrogens (tertiary/aromatic N) is 2. The van der Waals surface area contributed by atoms with Crippen molar-refractivity contribution in [2.75, 3.05) is 5.73 Å². The Morgan fingerprint density at radius 1 is 1.05 bits per heavy atom. The summed E-state index contributed by atoms with van der Waals surface area (Å²) in [6, 6.07) is 10.1. The number of para-hydroxylation sites is 1. The van der Waals surface area contributed by atoms with Crippen molar-refractivity contribution in [1.29, 1.82) is 0 Å². The Hall–Kier alpha value is -2.76. The fraction of sp³-hybridized carbons (Fsp3) is 0. The number of aromatic nitrogens is 2. The highest BCUT2D eigenvalue weighted by atomic mass is 19.1. The van der Waals surface area contributed by atoms with Gasteiger partial charge in [0.2, 0.25) is 5.82 Å². The van der Waals surface area contributed by atoms with E-state index < -0.39 is 11.6 Å². The van der Waals surface area contributed by atoms with Gasteiger partial charge in [0, 0.05) is 5.56 Å². The van der Waals surface area contributed by atoms with Gasteiger partial charge in [-0.05, 0) is 24.3 Å². The van der Waals surface area contributed by atoms with E-state index in [1.54, 1.807) is 12.1 Å². The van der Waals surface area contributed by atoms with Gasteiger partial charge in [-0.2, -0.15) is 4.98 Å². The molecule has 0 aliphatic rings. The van der Waals surface area contributed by atoms with Crippen LogP contribution < -0.4 is 5.73 Å². The monoisotopic (exact) mass is 273 g/mol. The van der Waals surface area contributed by atoms with Crippen LogP contribution in [0.15, 0.2) is 47.0 Å². The molecule has 0 aliphatic heterocycles. The van der Waals surface area contributed by atoms with E-state index in [1.807, 2.05) is 0 Å². The Morgan fingerprint density at radius 2 is 1.85 bits per heavy atom. The fourth-order valence-corrected chi connectivity index (χ4v) is 1.80. The predicted molar refractivity (Wildman–Crippen MR) is 69.5 cm³/mol. The number of hydrogen-bond acceptors (Lipinski definition) is 4. The second kappa shape index (κ2) is 4.73. The molecule has 100 valence electrons. The van der Waals surface area contributed by atoms with Gasteiger partial charge in [0.1, 0.15) is 11.6 Å². The number of benzene rings is 2. The molecule has 0 bridgehead atoms. The normalized spacial score (nSPS) is 10.7. The van der Waals surface area contributed by atoms with Crippen molar-refractivity contribution in [3.8, 4) is 22.8 Å². The van der Waals surface area contributed by atoms with Crippen molar-refractivity contribution in [2.45, 2.75) is 0 Å². The minimum Gasteiger partial charge on any atom is -0.396 e. The lowest BCUT2D eigenvalue weighted by molar-refractivity contribution is 0.432. The van der Waals surface area contributed by atoms with E-state index in [0.29, 0.717) is 11.1 Å². The molecule has 0 spiro atoms. The Bertz CT molecular complexity index is 771. The standard InChI is InChI=1S/C14H9F2N3O/c15-9-4-1-3-8(7-9)13-18-14(20-19-13)10-5-2-6-11(16)12(10)17/h1-7H,17H2. The lowest BCUT2D eigenvalue weighted by Crippen LogP contribution is -1.94. The average Bonchev–Trinajstić information content (AvgIpc) is 2.91. The highest BCUT2D eigenvalue weighted by molar-refractivity contribution is 5.71. The summed E-state index contributed by atoms with van der Waals surface area (Å²) < 4.78 is 31.6. The van der Waals surface area contributed by atoms with E-state index >= 15 is 0 Å². The van der Waals surface area contributed by atoms with E-state index in [-0.39, 0.29) is 17.4 Å². The molecule has 20 heavy (non-hydrogen) atoms. The molecule has 3 aromatic rings. The zero-order valence-electron chi connectivity index (χ0n) is 10.2. The summed E-state index contributed by atoms with van der Waals surface area (Å²) in [6.45, 7) is 0. The number of nitrogens with two attached hydrogens (primary N) is 1. The molecular formula is C14H9F2N3O. The van der Waals surface area contributed by atoms with Crippen LogP contribution in [0, 0.1) is 11.6 Å². The fourth-order valence-electron chi connectivity index (χ4n) is 1.80. The molecule has 0 fully saturated rings. The Kier molecular flexibility index (Phi) is 2.90. The first-order chi connectivity index (χ1) is 9.65. The maximum atomic E-state index is 13.4. The summed E-state index contributed by atoms with van der Waals surface area (Å²) >= 11 is 0. The number of halogens is 2. The van der Waals surface area contributed by atoms with Gasteiger partial charge in [0.15, 0.2) is 0 Å². The summed E-state index contributed by atoms with van der Waals surface area (Å²) in [7, 11) is 0. The number of hydrogen-bond donors (Lipinski definition) is 1. The van der Waals surface area contributed by atoms with Crippen LogP contribution in [0.2, 0.25) is 0 Å². The van der Waals surface area contributed by atoms with E-state index in [9.17, 15) is 8.78 Å². The molecule has 0 amide bonds. The zero-order valence-corrected chi connectivity index (χ0v) is 10.2. The van der Waals surface area contributed by atoms with Crippen LogP contribution in [-0.4, -0.2) is 10.1 Å². The van der Waals surface area contributed by atoms with Gasteiger partial charge in [-0.15, -0.1) is 0 Å². The summed E-state index contributed by atoms with van der Waals surface area (Å²) in [5.41, 5.74) is 6.33. The van der Waals surface area contributed by atoms with Gasteiger partial charge in [-0.3, -0.25) is 0 Å². The third-order valence-electron chi connectivity index (χ3n) is 2.79. The highest BCUT2D eigenvalue weighted by Crippen LogP contribution is 2.28. The van der Waals surface area contributed by atoms with Crippen LogP contribution >= 0.6 is 0 Å². The molecule has 0 atom stereocenters. The minimum absolute atomic E-state index is 0.0676. The SMILES string of the molecule is Nc1c(F)cccc1-c1nc(-c2cccc(F)c2)no1. The van der Waals surface area contributed by atoms with Crippen molar-refractivity contribution in [1.82, 2.24) is 10.1 Å². The molecule has 1 aromatic heterocycles. The molecule has 0 saturated carbocycles. The quantitative estimate of drug-likeness (QED) is 0.728. The van der Waals surface area contributed by atoms with Crippen LogP contribution in [0.25, 0.3) is 22.8 Å². The third kappa shape index (κ3) is 2.11. The molecule has 6 heteroatoms. The lowest BCUT2D eigenvalue weighted by Gasteiger charge is -2.00. The van der Waals surface area contributed by atoms with Crippen LogP contribution in [0.3, 0.4) is 0 Å². The molecule has 0 radical (unpaired) electrons. The summed E-state index contributed by atoms with van der Waals surface area (Å²) in [5, 5.41) is 3.74. The van der Waals surface area contributed by atoms with Crippen molar-refractivity contribution in [2.24, 2.45) is 0 Å². The second-order valence-electron chi connectivity index (χ2n) is 4.13. The Balaban J connectivity index is 2.04. The van der Waals surface area contributed by atoms with Gasteiger partial charge in [-0.1, -0.05) is 23.4 Å². The number of rotatable bonds is 2. The van der Waals surface area contributed by atoms with E-state index in [4.69, 9.17) is 10.3 Å². The van der Waals surface area contributed by atoms with Gasteiger partial charge in [-0.25, -0.2) is 8.78 Å². The Morgan fingerprint density at radius 3 is 2.65 bits per heavy atom. The molecule has 2 aromatic carbocycles. The summed E-state index contributed by atoms with van der Waals surface area (Å²) in [5.74, 6) is -0.670. The molecule has 4 nitrogen and oxygen atoms in total. The zero-order chi connectivity index (χ0) is 14.1. The maximum Gasteiger partial charge on any atom is 0.260 e. The molecule has 0 unspecified atom stereocenters. The minimum atomic E-state index is -0.562. The lowest BCUT2D eigenvalue weighted by atomic mass is 10.1. The third-order valence-corrected chi connectivity index (χ3v) is 2.79. The topological polar surface area (TPSA) is 64.9 Å². The molecule has 0 saturated heterocycles. The van der Waals surface area contributed by atoms with E-state index in [0.717, 1.165) is 0 Å².